The van der Waals surface area contributed by atoms with Gasteiger partial charge in [0.05, 0.1) is 0 Å². The Labute approximate surface area is 432 Å². The van der Waals surface area contributed by atoms with Crippen LogP contribution in [-0.2, 0) is 21.7 Å². The molecule has 11 aromatic rings. The average Bonchev–Trinajstić information content (AvgIpc) is 3.87. The van der Waals surface area contributed by atoms with Crippen molar-refractivity contribution in [1.29, 1.82) is 0 Å². The Hall–Kier alpha value is -7.30. The van der Waals surface area contributed by atoms with Gasteiger partial charge in [-0.25, -0.2) is 0 Å². The maximum absolute atomic E-state index is 7.10. The number of rotatable bonds is 7. The lowest BCUT2D eigenvalue weighted by Crippen LogP contribution is -2.22. The van der Waals surface area contributed by atoms with Crippen molar-refractivity contribution in [2.75, 3.05) is 9.80 Å². The first-order valence-electron chi connectivity index (χ1n) is 26.3. The lowest BCUT2D eigenvalue weighted by atomic mass is 9.83. The minimum atomic E-state index is -0.0708. The normalized spacial score (nSPS) is 12.9. The van der Waals surface area contributed by atoms with E-state index in [9.17, 15) is 0 Å². The van der Waals surface area contributed by atoms with Crippen molar-refractivity contribution in [2.24, 2.45) is 0 Å². The molecule has 4 nitrogen and oxygen atoms in total. The van der Waals surface area contributed by atoms with E-state index in [1.54, 1.807) is 0 Å². The summed E-state index contributed by atoms with van der Waals surface area (Å²) in [5.74, 6) is 0.172. The van der Waals surface area contributed by atoms with Crippen LogP contribution in [0, 0.1) is 0 Å². The second-order valence-corrected chi connectivity index (χ2v) is 24.9. The molecule has 0 fully saturated rings. The molecule has 368 valence electrons. The zero-order valence-corrected chi connectivity index (χ0v) is 45.4. The summed E-state index contributed by atoms with van der Waals surface area (Å²) < 4.78 is 14.1. The number of hydrogen-bond donors (Lipinski definition) is 0. The highest BCUT2D eigenvalue weighted by Gasteiger charge is 2.30. The van der Waals surface area contributed by atoms with Gasteiger partial charge in [0.2, 0.25) is 0 Å². The molecule has 2 aromatic heterocycles. The predicted molar refractivity (Wildman–Crippen MR) is 314 cm³/mol. The first kappa shape index (κ1) is 48.0. The van der Waals surface area contributed by atoms with Crippen LogP contribution in [0.1, 0.15) is 131 Å². The van der Waals surface area contributed by atoms with Gasteiger partial charge >= 0.3 is 0 Å². The summed E-state index contributed by atoms with van der Waals surface area (Å²) in [6, 6.07) is 60.7. The van der Waals surface area contributed by atoms with Crippen LogP contribution < -0.4 is 9.80 Å². The first-order chi connectivity index (χ1) is 34.6. The third-order valence-corrected chi connectivity index (χ3v) is 15.0. The third kappa shape index (κ3) is 8.33. The van der Waals surface area contributed by atoms with Crippen LogP contribution in [0.2, 0.25) is 0 Å². The molecule has 2 heterocycles. The van der Waals surface area contributed by atoms with Gasteiger partial charge in [-0.15, -0.1) is 0 Å². The summed E-state index contributed by atoms with van der Waals surface area (Å²) in [5, 5.41) is 8.98. The third-order valence-electron chi connectivity index (χ3n) is 15.0. The highest BCUT2D eigenvalue weighted by atomic mass is 16.3. The van der Waals surface area contributed by atoms with Gasteiger partial charge in [-0.1, -0.05) is 182 Å². The SMILES string of the molecule is CC(C)c1c2oc3cc4cc(N(c5ccccc5C(C)(C)C)c5ccccc5C(C)(C)C)ccc4cc3c2cc2oc3cc4cc(N(c5ccccc5C(C)(C)C)c5ccccc5C(C)(C)C)ccc4cc3c12. The highest BCUT2D eigenvalue weighted by molar-refractivity contribution is 6.20. The maximum atomic E-state index is 7.10. The van der Waals surface area contributed by atoms with E-state index in [4.69, 9.17) is 8.83 Å². The van der Waals surface area contributed by atoms with Gasteiger partial charge in [-0.2, -0.15) is 0 Å². The first-order valence-corrected chi connectivity index (χ1v) is 26.3. The summed E-state index contributed by atoms with van der Waals surface area (Å²) >= 11 is 0. The molecule has 0 aliphatic heterocycles. The van der Waals surface area contributed by atoms with Crippen molar-refractivity contribution in [3.05, 3.63) is 192 Å². The molecule has 73 heavy (non-hydrogen) atoms. The van der Waals surface area contributed by atoms with Crippen LogP contribution in [0.5, 0.6) is 0 Å². The average molecular weight is 959 g/mol. The van der Waals surface area contributed by atoms with Gasteiger partial charge in [0.15, 0.2) is 0 Å². The molecule has 0 atom stereocenters. The zero-order valence-electron chi connectivity index (χ0n) is 45.4. The topological polar surface area (TPSA) is 32.8 Å². The Morgan fingerprint density at radius 1 is 0.342 bits per heavy atom. The standard InChI is InChI=1S/C69H70N2O2/c1-42(2)63-64-51-38-44-32-34-48(71(58-29-21-17-25-54(58)68(9,10)11)59-30-22-18-26-55(59)69(12,13)14)36-46(44)40-61(51)72-62(64)41-50-49-37-43-31-33-47(35-45(43)39-60(49)73-65(50)63)70(56-27-19-15-23-52(56)66(3,4)5)57-28-20-16-24-53(57)67(6,7)8/h15-42H,1-14H3. The van der Waals surface area contributed by atoms with Gasteiger partial charge in [0.25, 0.3) is 0 Å². The number of fused-ring (bicyclic) bond motifs is 8. The van der Waals surface area contributed by atoms with E-state index in [0.717, 1.165) is 76.8 Å². The van der Waals surface area contributed by atoms with Crippen LogP contribution in [0.25, 0.3) is 65.4 Å². The quantitative estimate of drug-likeness (QED) is 0.159. The second-order valence-electron chi connectivity index (χ2n) is 24.9. The summed E-state index contributed by atoms with van der Waals surface area (Å²) in [6.07, 6.45) is 0. The van der Waals surface area contributed by atoms with E-state index < -0.39 is 0 Å². The van der Waals surface area contributed by atoms with E-state index in [-0.39, 0.29) is 27.6 Å². The zero-order chi connectivity index (χ0) is 51.5. The fourth-order valence-corrected chi connectivity index (χ4v) is 11.5. The lowest BCUT2D eigenvalue weighted by molar-refractivity contribution is 0.586. The largest absolute Gasteiger partial charge is 0.456 e. The summed E-state index contributed by atoms with van der Waals surface area (Å²) in [6.45, 7) is 32.2. The molecule has 0 aliphatic rings. The van der Waals surface area contributed by atoms with Gasteiger partial charge in [0.1, 0.15) is 22.3 Å². The molecular formula is C69H70N2O2. The van der Waals surface area contributed by atoms with Crippen LogP contribution in [0.3, 0.4) is 0 Å². The number of furan rings is 2. The summed E-state index contributed by atoms with van der Waals surface area (Å²) in [4.78, 5) is 4.94. The van der Waals surface area contributed by atoms with E-state index in [1.165, 1.54) is 50.6 Å². The summed E-state index contributed by atoms with van der Waals surface area (Å²) in [7, 11) is 0. The van der Waals surface area contributed by atoms with Crippen molar-refractivity contribution >= 4 is 99.5 Å². The molecule has 0 amide bonds. The molecule has 4 heteroatoms. The number of nitrogens with zero attached hydrogens (tertiary/aromatic N) is 2. The van der Waals surface area contributed by atoms with Crippen molar-refractivity contribution in [2.45, 2.75) is 125 Å². The Morgan fingerprint density at radius 3 is 1.10 bits per heavy atom. The van der Waals surface area contributed by atoms with Crippen molar-refractivity contribution in [3.63, 3.8) is 0 Å². The number of benzene rings is 9. The maximum Gasteiger partial charge on any atom is 0.139 e. The minimum Gasteiger partial charge on any atom is -0.456 e. The monoisotopic (exact) mass is 959 g/mol. The van der Waals surface area contributed by atoms with Crippen molar-refractivity contribution < 1.29 is 8.83 Å². The lowest BCUT2D eigenvalue weighted by Gasteiger charge is -2.35. The van der Waals surface area contributed by atoms with Gasteiger partial charge in [-0.05, 0) is 150 Å². The van der Waals surface area contributed by atoms with E-state index in [1.807, 2.05) is 0 Å². The fourth-order valence-electron chi connectivity index (χ4n) is 11.5. The molecule has 0 radical (unpaired) electrons. The Balaban J connectivity index is 1.07. The van der Waals surface area contributed by atoms with Crippen molar-refractivity contribution in [3.8, 4) is 0 Å². The van der Waals surface area contributed by atoms with Gasteiger partial charge < -0.3 is 18.6 Å². The van der Waals surface area contributed by atoms with Gasteiger partial charge in [0, 0.05) is 61.2 Å². The number of hydrogen-bond acceptors (Lipinski definition) is 4. The minimum absolute atomic E-state index is 0.0708. The molecule has 0 aliphatic carbocycles. The summed E-state index contributed by atoms with van der Waals surface area (Å²) in [5.41, 5.74) is 16.6. The molecule has 0 saturated carbocycles. The molecule has 0 N–H and O–H groups in total. The number of anilines is 6. The Kier molecular flexibility index (Phi) is 11.3. The Bertz CT molecular complexity index is 3690. The van der Waals surface area contributed by atoms with Crippen LogP contribution in [-0.4, -0.2) is 0 Å². The fraction of sp³-hybridized carbons (Fsp3) is 0.275. The molecule has 0 unspecified atom stereocenters. The van der Waals surface area contributed by atoms with E-state index >= 15 is 0 Å². The van der Waals surface area contributed by atoms with Gasteiger partial charge in [-0.3, -0.25) is 0 Å². The number of para-hydroxylation sites is 4. The van der Waals surface area contributed by atoms with Crippen LogP contribution >= 0.6 is 0 Å². The van der Waals surface area contributed by atoms with E-state index in [2.05, 4.69) is 271 Å². The van der Waals surface area contributed by atoms with E-state index in [0.29, 0.717) is 0 Å². The van der Waals surface area contributed by atoms with Crippen molar-refractivity contribution in [1.82, 2.24) is 0 Å². The molecular weight excluding hydrogens is 889 g/mol. The molecule has 0 saturated heterocycles. The molecule has 9 aromatic carbocycles. The second kappa shape index (κ2) is 17.2. The molecule has 11 rings (SSSR count). The highest BCUT2D eigenvalue weighted by Crippen LogP contribution is 2.49. The van der Waals surface area contributed by atoms with Crippen LogP contribution in [0.15, 0.2) is 173 Å². The molecule has 0 spiro atoms. The van der Waals surface area contributed by atoms with Crippen LogP contribution in [0.4, 0.5) is 34.1 Å². The predicted octanol–water partition coefficient (Wildman–Crippen LogP) is 21.0. The molecule has 0 bridgehead atoms. The Morgan fingerprint density at radius 2 is 0.712 bits per heavy atom. The smallest absolute Gasteiger partial charge is 0.139 e.